The molecule has 0 unspecified atom stereocenters. The summed E-state index contributed by atoms with van der Waals surface area (Å²) in [4.78, 5) is 15.7. The normalized spacial score (nSPS) is 11.1. The molecule has 0 saturated carbocycles. The van der Waals surface area contributed by atoms with E-state index in [2.05, 4.69) is 20.9 Å². The van der Waals surface area contributed by atoms with Crippen LogP contribution in [0.2, 0.25) is 0 Å². The molecule has 0 aliphatic rings. The Labute approximate surface area is 162 Å². The van der Waals surface area contributed by atoms with Crippen LogP contribution in [0, 0.1) is 12.7 Å². The SMILES string of the molecule is Cc1ccc(C(=O)O)cc1-c1cnc2oc(-c3ccc(F)cc3)c(Br)c2c1. The number of nitrogens with zero attached hydrogens (tertiary/aromatic N) is 1. The highest BCUT2D eigenvalue weighted by Crippen LogP contribution is 2.38. The number of halogens is 2. The van der Waals surface area contributed by atoms with Crippen LogP contribution in [0.3, 0.4) is 0 Å². The maximum absolute atomic E-state index is 13.2. The smallest absolute Gasteiger partial charge is 0.335 e. The average Bonchev–Trinajstić information content (AvgIpc) is 2.99. The van der Waals surface area contributed by atoms with E-state index in [4.69, 9.17) is 4.42 Å². The number of aromatic nitrogens is 1. The summed E-state index contributed by atoms with van der Waals surface area (Å²) in [5.41, 5.74) is 3.91. The Kier molecular flexibility index (Phi) is 4.28. The van der Waals surface area contributed by atoms with Crippen LogP contribution in [0.4, 0.5) is 4.39 Å². The van der Waals surface area contributed by atoms with Crippen molar-refractivity contribution in [2.24, 2.45) is 0 Å². The van der Waals surface area contributed by atoms with Gasteiger partial charge in [-0.3, -0.25) is 0 Å². The van der Waals surface area contributed by atoms with Gasteiger partial charge in [0.15, 0.2) is 5.76 Å². The van der Waals surface area contributed by atoms with Crippen LogP contribution in [0.25, 0.3) is 33.6 Å². The van der Waals surface area contributed by atoms with E-state index < -0.39 is 5.97 Å². The van der Waals surface area contributed by atoms with Crippen LogP contribution in [0.1, 0.15) is 15.9 Å². The monoisotopic (exact) mass is 425 g/mol. The summed E-state index contributed by atoms with van der Waals surface area (Å²) in [6.07, 6.45) is 1.65. The van der Waals surface area contributed by atoms with Gasteiger partial charge in [-0.2, -0.15) is 0 Å². The van der Waals surface area contributed by atoms with Crippen molar-refractivity contribution in [3.05, 3.63) is 76.1 Å². The Morgan fingerprint density at radius 2 is 1.85 bits per heavy atom. The second-order valence-corrected chi connectivity index (χ2v) is 6.96. The lowest BCUT2D eigenvalue weighted by molar-refractivity contribution is 0.0697. The summed E-state index contributed by atoms with van der Waals surface area (Å²) in [7, 11) is 0. The highest BCUT2D eigenvalue weighted by molar-refractivity contribution is 9.10. The summed E-state index contributed by atoms with van der Waals surface area (Å²) in [5.74, 6) is -0.737. The number of hydrogen-bond acceptors (Lipinski definition) is 3. The molecule has 0 atom stereocenters. The van der Waals surface area contributed by atoms with E-state index in [1.807, 2.05) is 13.0 Å². The number of benzene rings is 2. The lowest BCUT2D eigenvalue weighted by atomic mass is 9.99. The zero-order valence-corrected chi connectivity index (χ0v) is 15.7. The van der Waals surface area contributed by atoms with Crippen molar-refractivity contribution in [3.63, 3.8) is 0 Å². The molecule has 0 aliphatic carbocycles. The summed E-state index contributed by atoms with van der Waals surface area (Å²) in [6.45, 7) is 1.92. The Balaban J connectivity index is 1.86. The van der Waals surface area contributed by atoms with Crippen molar-refractivity contribution in [1.29, 1.82) is 0 Å². The zero-order valence-electron chi connectivity index (χ0n) is 14.2. The fourth-order valence-corrected chi connectivity index (χ4v) is 3.55. The highest BCUT2D eigenvalue weighted by Gasteiger charge is 2.17. The van der Waals surface area contributed by atoms with Crippen molar-refractivity contribution in [1.82, 2.24) is 4.98 Å². The van der Waals surface area contributed by atoms with Gasteiger partial charge in [-0.25, -0.2) is 14.2 Å². The van der Waals surface area contributed by atoms with E-state index in [1.165, 1.54) is 12.1 Å². The molecule has 0 radical (unpaired) electrons. The molecule has 4 nitrogen and oxygen atoms in total. The number of rotatable bonds is 3. The first kappa shape index (κ1) is 17.4. The third-order valence-electron chi connectivity index (χ3n) is 4.39. The molecular weight excluding hydrogens is 413 g/mol. The molecule has 4 rings (SSSR count). The first-order valence-electron chi connectivity index (χ1n) is 8.12. The zero-order chi connectivity index (χ0) is 19.1. The topological polar surface area (TPSA) is 63.3 Å². The third-order valence-corrected chi connectivity index (χ3v) is 5.17. The number of aromatic carboxylic acids is 1. The molecule has 0 saturated heterocycles. The van der Waals surface area contributed by atoms with E-state index in [0.717, 1.165) is 27.6 Å². The van der Waals surface area contributed by atoms with Crippen LogP contribution < -0.4 is 0 Å². The Hall–Kier alpha value is -2.99. The van der Waals surface area contributed by atoms with Crippen LogP contribution in [-0.2, 0) is 0 Å². The van der Waals surface area contributed by atoms with Gasteiger partial charge in [0.05, 0.1) is 15.4 Å². The van der Waals surface area contributed by atoms with Gasteiger partial charge in [-0.15, -0.1) is 0 Å². The Morgan fingerprint density at radius 1 is 1.11 bits per heavy atom. The first-order valence-corrected chi connectivity index (χ1v) is 8.91. The minimum absolute atomic E-state index is 0.217. The van der Waals surface area contributed by atoms with E-state index in [9.17, 15) is 14.3 Å². The molecular formula is C21H13BrFNO3. The number of carboxylic acids is 1. The molecule has 2 heterocycles. The predicted octanol–water partition coefficient (Wildman–Crippen LogP) is 6.07. The van der Waals surface area contributed by atoms with Crippen LogP contribution in [0.15, 0.2) is 63.6 Å². The van der Waals surface area contributed by atoms with Crippen molar-refractivity contribution in [2.45, 2.75) is 6.92 Å². The minimum atomic E-state index is -0.978. The van der Waals surface area contributed by atoms with Gasteiger partial charge in [0, 0.05) is 17.3 Å². The minimum Gasteiger partial charge on any atom is -0.478 e. The number of pyridine rings is 1. The van der Waals surface area contributed by atoms with Gasteiger partial charge in [-0.05, 0) is 76.4 Å². The van der Waals surface area contributed by atoms with E-state index >= 15 is 0 Å². The molecule has 27 heavy (non-hydrogen) atoms. The summed E-state index contributed by atoms with van der Waals surface area (Å²) >= 11 is 3.55. The van der Waals surface area contributed by atoms with Gasteiger partial charge in [0.25, 0.3) is 0 Å². The number of furan rings is 1. The fraction of sp³-hybridized carbons (Fsp3) is 0.0476. The lowest BCUT2D eigenvalue weighted by Crippen LogP contribution is -1.97. The molecule has 0 aliphatic heterocycles. The average molecular weight is 426 g/mol. The Morgan fingerprint density at radius 3 is 2.56 bits per heavy atom. The molecule has 0 amide bonds. The summed E-state index contributed by atoms with van der Waals surface area (Å²) < 4.78 is 19.7. The van der Waals surface area contributed by atoms with Gasteiger partial charge in [0.1, 0.15) is 5.82 Å². The number of aryl methyl sites for hydroxylation is 1. The van der Waals surface area contributed by atoms with Gasteiger partial charge in [0.2, 0.25) is 5.71 Å². The molecule has 6 heteroatoms. The number of fused-ring (bicyclic) bond motifs is 1. The second-order valence-electron chi connectivity index (χ2n) is 6.16. The van der Waals surface area contributed by atoms with Crippen molar-refractivity contribution >= 4 is 33.0 Å². The quantitative estimate of drug-likeness (QED) is 0.432. The van der Waals surface area contributed by atoms with E-state index in [-0.39, 0.29) is 11.4 Å². The molecule has 0 spiro atoms. The fourth-order valence-electron chi connectivity index (χ4n) is 2.95. The second kappa shape index (κ2) is 6.63. The number of carbonyl (C=O) groups is 1. The van der Waals surface area contributed by atoms with Crippen molar-refractivity contribution in [2.75, 3.05) is 0 Å². The van der Waals surface area contributed by atoms with Crippen molar-refractivity contribution in [3.8, 4) is 22.5 Å². The molecule has 1 N–H and O–H groups in total. The summed E-state index contributed by atoms with van der Waals surface area (Å²) in [5, 5.41) is 10.0. The van der Waals surface area contributed by atoms with Gasteiger partial charge in [-0.1, -0.05) is 6.07 Å². The third kappa shape index (κ3) is 3.13. The van der Waals surface area contributed by atoms with Gasteiger partial charge >= 0.3 is 5.97 Å². The maximum Gasteiger partial charge on any atom is 0.335 e. The standard InChI is InChI=1S/C21H13BrFNO3/c1-11-2-3-13(21(25)26)8-16(11)14-9-17-18(22)19(27-20(17)24-10-14)12-4-6-15(23)7-5-12/h2-10H,1H3,(H,25,26). The molecule has 0 bridgehead atoms. The molecule has 4 aromatic rings. The molecule has 134 valence electrons. The van der Waals surface area contributed by atoms with Crippen LogP contribution in [0.5, 0.6) is 0 Å². The highest BCUT2D eigenvalue weighted by atomic mass is 79.9. The van der Waals surface area contributed by atoms with Crippen LogP contribution >= 0.6 is 15.9 Å². The summed E-state index contributed by atoms with van der Waals surface area (Å²) in [6, 6.07) is 12.9. The molecule has 2 aromatic carbocycles. The molecule has 2 aromatic heterocycles. The number of carboxylic acid groups (broad SMARTS) is 1. The lowest BCUT2D eigenvalue weighted by Gasteiger charge is -2.07. The first-order chi connectivity index (χ1) is 12.9. The predicted molar refractivity (Wildman–Crippen MR) is 104 cm³/mol. The Bertz CT molecular complexity index is 1180. The molecule has 0 fully saturated rings. The maximum atomic E-state index is 13.2. The van der Waals surface area contributed by atoms with E-state index in [0.29, 0.717) is 15.9 Å². The number of hydrogen-bond donors (Lipinski definition) is 1. The van der Waals surface area contributed by atoms with Gasteiger partial charge < -0.3 is 9.52 Å². The van der Waals surface area contributed by atoms with Crippen molar-refractivity contribution < 1.29 is 18.7 Å². The van der Waals surface area contributed by atoms with E-state index in [1.54, 1.807) is 36.5 Å². The van der Waals surface area contributed by atoms with Crippen LogP contribution in [-0.4, -0.2) is 16.1 Å². The largest absolute Gasteiger partial charge is 0.478 e.